The van der Waals surface area contributed by atoms with E-state index in [1.807, 2.05) is 0 Å². The second-order valence-electron chi connectivity index (χ2n) is 3.24. The largest absolute Gasteiger partial charge is 0.505 e. The van der Waals surface area contributed by atoms with Gasteiger partial charge in [0.2, 0.25) is 5.88 Å². The van der Waals surface area contributed by atoms with Crippen molar-refractivity contribution >= 4 is 5.88 Å². The number of hydrogen-bond donors (Lipinski definition) is 2. The molecule has 0 fully saturated rings. The van der Waals surface area contributed by atoms with Crippen molar-refractivity contribution in [2.24, 2.45) is 0 Å². The highest BCUT2D eigenvalue weighted by atomic mass is 19.1. The molecule has 0 spiro atoms. The summed E-state index contributed by atoms with van der Waals surface area (Å²) < 4.78 is 17.8. The number of aromatic hydroxyl groups is 1. The summed E-state index contributed by atoms with van der Waals surface area (Å²) in [4.78, 5) is 0. The number of nitrogen functional groups attached to an aromatic ring is 1. The third-order valence-electron chi connectivity index (χ3n) is 2.06. The number of phenols is 1. The van der Waals surface area contributed by atoms with Gasteiger partial charge in [-0.2, -0.15) is 0 Å². The Morgan fingerprint density at radius 1 is 1.40 bits per heavy atom. The van der Waals surface area contributed by atoms with E-state index in [1.165, 1.54) is 12.1 Å². The third-order valence-corrected chi connectivity index (χ3v) is 2.06. The van der Waals surface area contributed by atoms with Gasteiger partial charge in [0.1, 0.15) is 5.69 Å². The summed E-state index contributed by atoms with van der Waals surface area (Å²) in [6, 6.07) is 4.35. The quantitative estimate of drug-likeness (QED) is 0.752. The van der Waals surface area contributed by atoms with Crippen molar-refractivity contribution in [3.05, 3.63) is 29.6 Å². The zero-order valence-corrected chi connectivity index (χ0v) is 7.99. The van der Waals surface area contributed by atoms with Crippen molar-refractivity contribution in [3.63, 3.8) is 0 Å². The molecule has 0 aliphatic rings. The van der Waals surface area contributed by atoms with Crippen LogP contribution in [0.3, 0.4) is 0 Å². The first kappa shape index (κ1) is 9.51. The molecule has 2 rings (SSSR count). The monoisotopic (exact) mass is 208 g/mol. The van der Waals surface area contributed by atoms with Crippen molar-refractivity contribution < 1.29 is 14.0 Å². The second kappa shape index (κ2) is 3.27. The Kier molecular flexibility index (Phi) is 2.07. The second-order valence-corrected chi connectivity index (χ2v) is 3.24. The molecule has 78 valence electrons. The van der Waals surface area contributed by atoms with E-state index in [2.05, 4.69) is 9.68 Å². The van der Waals surface area contributed by atoms with Crippen LogP contribution in [-0.4, -0.2) is 10.3 Å². The van der Waals surface area contributed by atoms with Crippen LogP contribution in [0.25, 0.3) is 11.3 Å². The number of aryl methyl sites for hydroxylation is 1. The lowest BCUT2D eigenvalue weighted by molar-refractivity contribution is 0.429. The predicted molar refractivity (Wildman–Crippen MR) is 52.7 cm³/mol. The molecule has 15 heavy (non-hydrogen) atoms. The molecule has 2 aromatic rings. The minimum absolute atomic E-state index is 0.173. The lowest BCUT2D eigenvalue weighted by atomic mass is 10.1. The highest BCUT2D eigenvalue weighted by molar-refractivity contribution is 5.64. The molecule has 0 aliphatic carbocycles. The normalized spacial score (nSPS) is 10.5. The first-order valence-electron chi connectivity index (χ1n) is 4.29. The fraction of sp³-hybridized carbons (Fsp3) is 0.100. The highest BCUT2D eigenvalue weighted by Crippen LogP contribution is 2.28. The van der Waals surface area contributed by atoms with Crippen LogP contribution in [0.15, 0.2) is 22.7 Å². The van der Waals surface area contributed by atoms with Gasteiger partial charge in [-0.1, -0.05) is 5.16 Å². The average molecular weight is 208 g/mol. The Hall–Kier alpha value is -2.04. The van der Waals surface area contributed by atoms with Gasteiger partial charge in [-0.05, 0) is 24.6 Å². The van der Waals surface area contributed by atoms with Crippen LogP contribution in [0, 0.1) is 12.7 Å². The van der Waals surface area contributed by atoms with Crippen molar-refractivity contribution in [1.82, 2.24) is 5.16 Å². The zero-order valence-electron chi connectivity index (χ0n) is 7.99. The first-order valence-corrected chi connectivity index (χ1v) is 4.29. The van der Waals surface area contributed by atoms with Crippen LogP contribution >= 0.6 is 0 Å². The number of halogens is 1. The zero-order chi connectivity index (χ0) is 11.0. The molecule has 5 heteroatoms. The van der Waals surface area contributed by atoms with Crippen LogP contribution in [0.2, 0.25) is 0 Å². The maximum atomic E-state index is 13.1. The van der Waals surface area contributed by atoms with Crippen LogP contribution in [0.5, 0.6) is 5.75 Å². The van der Waals surface area contributed by atoms with Gasteiger partial charge < -0.3 is 15.4 Å². The van der Waals surface area contributed by atoms with Gasteiger partial charge in [0.05, 0.1) is 0 Å². The molecule has 0 bridgehead atoms. The smallest absolute Gasteiger partial charge is 0.222 e. The van der Waals surface area contributed by atoms with E-state index in [0.717, 1.165) is 0 Å². The Morgan fingerprint density at radius 2 is 2.13 bits per heavy atom. The number of nitrogens with two attached hydrogens (primary N) is 1. The molecule has 0 amide bonds. The Morgan fingerprint density at radius 3 is 2.67 bits per heavy atom. The number of phenolic OH excluding ortho intramolecular Hbond substituents is 1. The maximum Gasteiger partial charge on any atom is 0.222 e. The Labute approximate surface area is 85.1 Å². The summed E-state index contributed by atoms with van der Waals surface area (Å²) in [6.45, 7) is 1.56. The molecule has 0 radical (unpaired) electrons. The van der Waals surface area contributed by atoms with E-state index in [-0.39, 0.29) is 5.88 Å². The minimum Gasteiger partial charge on any atom is -0.505 e. The van der Waals surface area contributed by atoms with E-state index in [1.54, 1.807) is 13.0 Å². The number of rotatable bonds is 1. The molecule has 0 saturated heterocycles. The topological polar surface area (TPSA) is 72.3 Å². The minimum atomic E-state index is -0.629. The lowest BCUT2D eigenvalue weighted by Crippen LogP contribution is -1.86. The number of anilines is 1. The van der Waals surface area contributed by atoms with E-state index < -0.39 is 11.6 Å². The van der Waals surface area contributed by atoms with Crippen LogP contribution < -0.4 is 5.73 Å². The van der Waals surface area contributed by atoms with Gasteiger partial charge in [-0.25, -0.2) is 4.39 Å². The van der Waals surface area contributed by atoms with Gasteiger partial charge in [0.15, 0.2) is 11.6 Å². The molecule has 1 aromatic heterocycles. The SMILES string of the molecule is Cc1cc(-c2cc(N)on2)cc(O)c1F. The third kappa shape index (κ3) is 1.63. The van der Waals surface area contributed by atoms with E-state index in [9.17, 15) is 9.50 Å². The average Bonchev–Trinajstić information content (AvgIpc) is 2.60. The van der Waals surface area contributed by atoms with Gasteiger partial charge >= 0.3 is 0 Å². The Bertz CT molecular complexity index is 485. The van der Waals surface area contributed by atoms with Crippen LogP contribution in [0.1, 0.15) is 5.56 Å². The summed E-state index contributed by atoms with van der Waals surface area (Å²) in [5.41, 5.74) is 6.72. The highest BCUT2D eigenvalue weighted by Gasteiger charge is 2.10. The molecule has 4 nitrogen and oxygen atoms in total. The molecule has 1 aromatic carbocycles. The van der Waals surface area contributed by atoms with Gasteiger partial charge in [0.25, 0.3) is 0 Å². The summed E-state index contributed by atoms with van der Waals surface area (Å²) >= 11 is 0. The lowest BCUT2D eigenvalue weighted by Gasteiger charge is -2.02. The maximum absolute atomic E-state index is 13.1. The number of hydrogen-bond acceptors (Lipinski definition) is 4. The Balaban J connectivity index is 2.55. The number of aromatic nitrogens is 1. The van der Waals surface area contributed by atoms with Crippen molar-refractivity contribution in [3.8, 4) is 17.0 Å². The molecule has 0 saturated carbocycles. The van der Waals surface area contributed by atoms with E-state index in [4.69, 9.17) is 5.73 Å². The molecule has 0 unspecified atom stereocenters. The fourth-order valence-electron chi connectivity index (χ4n) is 1.32. The molecular formula is C10H9FN2O2. The predicted octanol–water partition coefficient (Wildman–Crippen LogP) is 2.08. The van der Waals surface area contributed by atoms with Gasteiger partial charge in [-0.15, -0.1) is 0 Å². The van der Waals surface area contributed by atoms with Crippen LogP contribution in [-0.2, 0) is 0 Å². The van der Waals surface area contributed by atoms with E-state index in [0.29, 0.717) is 16.8 Å². The number of nitrogens with zero attached hydrogens (tertiary/aromatic N) is 1. The molecule has 1 heterocycles. The summed E-state index contributed by atoms with van der Waals surface area (Å²) in [7, 11) is 0. The molecule has 0 atom stereocenters. The summed E-state index contributed by atoms with van der Waals surface area (Å²) in [5, 5.41) is 12.9. The van der Waals surface area contributed by atoms with Gasteiger partial charge in [-0.3, -0.25) is 0 Å². The van der Waals surface area contributed by atoms with Crippen molar-refractivity contribution in [2.75, 3.05) is 5.73 Å². The van der Waals surface area contributed by atoms with Crippen LogP contribution in [0.4, 0.5) is 10.3 Å². The summed E-state index contributed by atoms with van der Waals surface area (Å²) in [5.74, 6) is -0.867. The number of benzene rings is 1. The van der Waals surface area contributed by atoms with Gasteiger partial charge in [0, 0.05) is 11.6 Å². The van der Waals surface area contributed by atoms with Crippen molar-refractivity contribution in [1.29, 1.82) is 0 Å². The standard InChI is InChI=1S/C10H9FN2O2/c1-5-2-6(3-8(14)10(5)11)7-4-9(12)15-13-7/h2-4,14H,12H2,1H3. The summed E-state index contributed by atoms with van der Waals surface area (Å²) in [6.07, 6.45) is 0. The molecule has 3 N–H and O–H groups in total. The molecule has 0 aliphatic heterocycles. The fourth-order valence-corrected chi connectivity index (χ4v) is 1.32. The molecular weight excluding hydrogens is 199 g/mol. The van der Waals surface area contributed by atoms with Crippen molar-refractivity contribution in [2.45, 2.75) is 6.92 Å². The van der Waals surface area contributed by atoms with E-state index >= 15 is 0 Å². The first-order chi connectivity index (χ1) is 7.08.